The molecule has 7 nitrogen and oxygen atoms in total. The van der Waals surface area contributed by atoms with Gasteiger partial charge in [-0.2, -0.15) is 0 Å². The molecule has 3 atom stereocenters. The second-order valence-corrected chi connectivity index (χ2v) is 9.31. The maximum atomic E-state index is 14.0. The summed E-state index contributed by atoms with van der Waals surface area (Å²) < 4.78 is 46.0. The first kappa shape index (κ1) is 24.0. The SMILES string of the molecule is NC(Cc1cc(F)c(F)cc1F)C1CC2CCC(C1)N2C(=O)CNC(=O)CN1CCOCC1. The molecule has 0 spiro atoms. The summed E-state index contributed by atoms with van der Waals surface area (Å²) in [4.78, 5) is 28.9. The zero-order valence-electron chi connectivity index (χ0n) is 18.6. The van der Waals surface area contributed by atoms with E-state index in [2.05, 4.69) is 5.32 Å². The first-order chi connectivity index (χ1) is 15.8. The summed E-state index contributed by atoms with van der Waals surface area (Å²) in [5, 5.41) is 2.73. The van der Waals surface area contributed by atoms with Crippen LogP contribution in [0.3, 0.4) is 0 Å². The van der Waals surface area contributed by atoms with Crippen molar-refractivity contribution in [2.45, 2.75) is 50.2 Å². The van der Waals surface area contributed by atoms with Crippen LogP contribution in [0.1, 0.15) is 31.2 Å². The Bertz CT molecular complexity index is 867. The smallest absolute Gasteiger partial charge is 0.242 e. The molecular formula is C23H31F3N4O3. The minimum atomic E-state index is -1.22. The second kappa shape index (κ2) is 10.4. The average molecular weight is 469 g/mol. The summed E-state index contributed by atoms with van der Waals surface area (Å²) in [6, 6.07) is 1.06. The van der Waals surface area contributed by atoms with Crippen molar-refractivity contribution in [1.82, 2.24) is 15.1 Å². The number of hydrogen-bond donors (Lipinski definition) is 2. The number of nitrogens with two attached hydrogens (primary N) is 1. The topological polar surface area (TPSA) is 87.9 Å². The van der Waals surface area contributed by atoms with Gasteiger partial charge in [0.1, 0.15) is 5.82 Å². The Hall–Kier alpha value is -2.17. The first-order valence-corrected chi connectivity index (χ1v) is 11.6. The summed E-state index contributed by atoms with van der Waals surface area (Å²) in [5.41, 5.74) is 6.41. The molecule has 4 rings (SSSR count). The normalized spacial score (nSPS) is 26.3. The molecule has 0 saturated carbocycles. The molecule has 3 fully saturated rings. The molecule has 3 saturated heterocycles. The van der Waals surface area contributed by atoms with Crippen molar-refractivity contribution >= 4 is 11.8 Å². The molecule has 1 aromatic carbocycles. The van der Waals surface area contributed by atoms with Crippen LogP contribution in [0.2, 0.25) is 0 Å². The van der Waals surface area contributed by atoms with Crippen LogP contribution in [-0.2, 0) is 20.7 Å². The average Bonchev–Trinajstić information content (AvgIpc) is 3.05. The standard InChI is InChI=1S/C23H31F3N4O3/c24-18-11-20(26)19(25)9-14(18)10-21(27)15-7-16-1-2-17(8-15)30(16)23(32)12-28-22(31)13-29-3-5-33-6-4-29/h9,11,15-17,21H,1-8,10,12-13,27H2,(H,28,31). The van der Waals surface area contributed by atoms with E-state index in [1.54, 1.807) is 0 Å². The third-order valence-corrected chi connectivity index (χ3v) is 7.12. The number of nitrogens with zero attached hydrogens (tertiary/aromatic N) is 2. The number of carbonyl (C=O) groups excluding carboxylic acids is 2. The molecule has 3 aliphatic heterocycles. The van der Waals surface area contributed by atoms with Crippen LogP contribution in [0.5, 0.6) is 0 Å². The van der Waals surface area contributed by atoms with Crippen molar-refractivity contribution in [2.24, 2.45) is 11.7 Å². The molecule has 3 aliphatic rings. The van der Waals surface area contributed by atoms with Crippen LogP contribution in [0.25, 0.3) is 0 Å². The van der Waals surface area contributed by atoms with Gasteiger partial charge in [-0.25, -0.2) is 13.2 Å². The molecule has 182 valence electrons. The van der Waals surface area contributed by atoms with Crippen LogP contribution in [0.15, 0.2) is 12.1 Å². The van der Waals surface area contributed by atoms with E-state index in [1.165, 1.54) is 0 Å². The number of piperidine rings is 1. The second-order valence-electron chi connectivity index (χ2n) is 9.31. The maximum absolute atomic E-state index is 14.0. The third-order valence-electron chi connectivity index (χ3n) is 7.12. The van der Waals surface area contributed by atoms with Gasteiger partial charge in [-0.05, 0) is 49.7 Å². The Morgan fingerprint density at radius 3 is 2.36 bits per heavy atom. The van der Waals surface area contributed by atoms with Gasteiger partial charge in [0, 0.05) is 37.3 Å². The molecule has 33 heavy (non-hydrogen) atoms. The van der Waals surface area contributed by atoms with E-state index in [0.717, 1.165) is 18.9 Å². The van der Waals surface area contributed by atoms with Crippen LogP contribution in [0.4, 0.5) is 13.2 Å². The molecule has 2 amide bonds. The zero-order chi connectivity index (χ0) is 23.5. The number of hydrogen-bond acceptors (Lipinski definition) is 5. The van der Waals surface area contributed by atoms with Gasteiger partial charge in [-0.1, -0.05) is 0 Å². The summed E-state index contributed by atoms with van der Waals surface area (Å²) in [5.74, 6) is -3.33. The summed E-state index contributed by atoms with van der Waals surface area (Å²) >= 11 is 0. The van der Waals surface area contributed by atoms with Crippen molar-refractivity contribution < 1.29 is 27.5 Å². The number of rotatable bonds is 7. The molecule has 1 aromatic rings. The van der Waals surface area contributed by atoms with Crippen LogP contribution >= 0.6 is 0 Å². The van der Waals surface area contributed by atoms with Gasteiger partial charge in [0.25, 0.3) is 0 Å². The maximum Gasteiger partial charge on any atom is 0.242 e. The summed E-state index contributed by atoms with van der Waals surface area (Å²) in [7, 11) is 0. The van der Waals surface area contributed by atoms with Gasteiger partial charge >= 0.3 is 0 Å². The highest BCUT2D eigenvalue weighted by Gasteiger charge is 2.44. The molecule has 0 radical (unpaired) electrons. The van der Waals surface area contributed by atoms with Crippen molar-refractivity contribution in [2.75, 3.05) is 39.4 Å². The van der Waals surface area contributed by atoms with E-state index < -0.39 is 23.5 Å². The fraction of sp³-hybridized carbons (Fsp3) is 0.652. The minimum Gasteiger partial charge on any atom is -0.379 e. The number of carbonyl (C=O) groups is 2. The molecule has 10 heteroatoms. The van der Waals surface area contributed by atoms with Gasteiger partial charge in [-0.3, -0.25) is 14.5 Å². The Morgan fingerprint density at radius 1 is 1.06 bits per heavy atom. The van der Waals surface area contributed by atoms with E-state index in [-0.39, 0.29) is 54.9 Å². The lowest BCUT2D eigenvalue weighted by Crippen LogP contribution is -2.53. The lowest BCUT2D eigenvalue weighted by atomic mass is 9.82. The van der Waals surface area contributed by atoms with E-state index >= 15 is 0 Å². The predicted octanol–water partition coefficient (Wildman–Crippen LogP) is 1.19. The Labute approximate surface area is 191 Å². The van der Waals surface area contributed by atoms with Crippen molar-refractivity contribution in [3.8, 4) is 0 Å². The molecule has 0 aromatic heterocycles. The van der Waals surface area contributed by atoms with Gasteiger partial charge in [0.2, 0.25) is 11.8 Å². The number of benzene rings is 1. The Morgan fingerprint density at radius 2 is 1.70 bits per heavy atom. The quantitative estimate of drug-likeness (QED) is 0.587. The molecule has 3 heterocycles. The van der Waals surface area contributed by atoms with E-state index in [9.17, 15) is 22.8 Å². The molecular weight excluding hydrogens is 437 g/mol. The van der Waals surface area contributed by atoms with Gasteiger partial charge in [0.05, 0.1) is 26.3 Å². The number of amides is 2. The molecule has 2 bridgehead atoms. The predicted molar refractivity (Wildman–Crippen MR) is 115 cm³/mol. The number of fused-ring (bicyclic) bond motifs is 2. The van der Waals surface area contributed by atoms with Crippen molar-refractivity contribution in [3.05, 3.63) is 35.1 Å². The highest BCUT2D eigenvalue weighted by Crippen LogP contribution is 2.40. The molecule has 3 N–H and O–H groups in total. The number of ether oxygens (including phenoxy) is 1. The van der Waals surface area contributed by atoms with E-state index in [4.69, 9.17) is 10.5 Å². The highest BCUT2D eigenvalue weighted by molar-refractivity contribution is 5.86. The van der Waals surface area contributed by atoms with E-state index in [0.29, 0.717) is 45.2 Å². The first-order valence-electron chi connectivity index (χ1n) is 11.6. The largest absolute Gasteiger partial charge is 0.379 e. The third kappa shape index (κ3) is 5.67. The monoisotopic (exact) mass is 468 g/mol. The lowest BCUT2D eigenvalue weighted by molar-refractivity contribution is -0.137. The van der Waals surface area contributed by atoms with Gasteiger partial charge < -0.3 is 20.7 Å². The molecule has 0 aliphatic carbocycles. The lowest BCUT2D eigenvalue weighted by Gasteiger charge is -2.41. The highest BCUT2D eigenvalue weighted by atomic mass is 19.2. The van der Waals surface area contributed by atoms with Crippen LogP contribution in [0, 0.1) is 23.4 Å². The number of halogens is 3. The fourth-order valence-electron chi connectivity index (χ4n) is 5.40. The van der Waals surface area contributed by atoms with Gasteiger partial charge in [0.15, 0.2) is 11.6 Å². The van der Waals surface area contributed by atoms with E-state index in [1.807, 2.05) is 9.80 Å². The van der Waals surface area contributed by atoms with Crippen molar-refractivity contribution in [1.29, 1.82) is 0 Å². The molecule has 3 unspecified atom stereocenters. The fourth-order valence-corrected chi connectivity index (χ4v) is 5.40. The minimum absolute atomic E-state index is 0.0262. The Balaban J connectivity index is 1.28. The van der Waals surface area contributed by atoms with Crippen LogP contribution < -0.4 is 11.1 Å². The number of morpholine rings is 1. The van der Waals surface area contributed by atoms with Crippen LogP contribution in [-0.4, -0.2) is 79.1 Å². The Kier molecular flexibility index (Phi) is 7.55. The number of nitrogens with one attached hydrogen (secondary N) is 1. The summed E-state index contributed by atoms with van der Waals surface area (Å²) in [6.45, 7) is 2.83. The van der Waals surface area contributed by atoms with Gasteiger partial charge in [-0.15, -0.1) is 0 Å². The van der Waals surface area contributed by atoms with Crippen molar-refractivity contribution in [3.63, 3.8) is 0 Å². The zero-order valence-corrected chi connectivity index (χ0v) is 18.6. The summed E-state index contributed by atoms with van der Waals surface area (Å²) in [6.07, 6.45) is 3.19.